The van der Waals surface area contributed by atoms with E-state index >= 15 is 0 Å². The molecule has 0 atom stereocenters. The number of para-hydroxylation sites is 1. The predicted molar refractivity (Wildman–Crippen MR) is 220 cm³/mol. The molecule has 0 amide bonds. The van der Waals surface area contributed by atoms with Crippen LogP contribution in [-0.4, -0.2) is 0 Å². The minimum absolute atomic E-state index is 0.911. The van der Waals surface area contributed by atoms with Gasteiger partial charge in [0.15, 0.2) is 0 Å². The Hall–Kier alpha value is -6.90. The molecule has 0 unspecified atom stereocenters. The highest BCUT2D eigenvalue weighted by Gasteiger charge is 2.17. The number of fused-ring (bicyclic) bond motifs is 5. The topological polar surface area (TPSA) is 16.4 Å². The van der Waals surface area contributed by atoms with Crippen molar-refractivity contribution in [3.8, 4) is 33.4 Å². The quantitative estimate of drug-likeness (QED) is 0.176. The summed E-state index contributed by atoms with van der Waals surface area (Å²) in [6, 6.07) is 71.6. The minimum Gasteiger partial charge on any atom is -0.455 e. The van der Waals surface area contributed by atoms with E-state index in [1.807, 2.05) is 0 Å². The minimum atomic E-state index is 0.911. The number of hydrogen-bond donors (Lipinski definition) is 0. The van der Waals surface area contributed by atoms with E-state index in [0.29, 0.717) is 0 Å². The zero-order valence-electron chi connectivity index (χ0n) is 28.4. The van der Waals surface area contributed by atoms with E-state index in [2.05, 4.69) is 205 Å². The van der Waals surface area contributed by atoms with Crippen molar-refractivity contribution in [1.82, 2.24) is 0 Å². The van der Waals surface area contributed by atoms with Crippen molar-refractivity contribution in [1.29, 1.82) is 0 Å². The molecule has 10 aromatic rings. The molecule has 0 N–H and O–H groups in total. The van der Waals surface area contributed by atoms with Gasteiger partial charge in [0, 0.05) is 33.4 Å². The molecule has 244 valence electrons. The second-order valence-electron chi connectivity index (χ2n) is 13.4. The van der Waals surface area contributed by atoms with Crippen LogP contribution in [0, 0.1) is 0 Å². The Labute approximate surface area is 302 Å². The molecule has 2 heteroatoms. The number of nitrogens with zero attached hydrogens (tertiary/aromatic N) is 1. The Balaban J connectivity index is 1.07. The fourth-order valence-corrected chi connectivity index (χ4v) is 7.67. The molecule has 9 aromatic carbocycles. The summed E-state index contributed by atoms with van der Waals surface area (Å²) in [5, 5.41) is 7.18. The summed E-state index contributed by atoms with van der Waals surface area (Å²) in [5.41, 5.74) is 12.1. The third-order valence-corrected chi connectivity index (χ3v) is 10.2. The third-order valence-electron chi connectivity index (χ3n) is 10.2. The summed E-state index contributed by atoms with van der Waals surface area (Å²) >= 11 is 0. The number of hydrogen-bond acceptors (Lipinski definition) is 2. The molecule has 2 nitrogen and oxygen atoms in total. The number of furan rings is 1. The van der Waals surface area contributed by atoms with Gasteiger partial charge in [0.2, 0.25) is 0 Å². The van der Waals surface area contributed by atoms with Gasteiger partial charge in [-0.1, -0.05) is 152 Å². The summed E-state index contributed by atoms with van der Waals surface area (Å²) in [6.07, 6.45) is 0. The van der Waals surface area contributed by atoms with Crippen LogP contribution in [0.1, 0.15) is 0 Å². The zero-order chi connectivity index (χ0) is 34.4. The molecule has 1 aromatic heterocycles. The highest BCUT2D eigenvalue weighted by Crippen LogP contribution is 2.41. The van der Waals surface area contributed by atoms with E-state index in [4.69, 9.17) is 4.42 Å². The Morgan fingerprint density at radius 2 is 0.865 bits per heavy atom. The van der Waals surface area contributed by atoms with Gasteiger partial charge < -0.3 is 9.32 Å². The molecule has 0 saturated carbocycles. The van der Waals surface area contributed by atoms with Crippen LogP contribution < -0.4 is 4.90 Å². The molecule has 0 fully saturated rings. The molecule has 0 bridgehead atoms. The highest BCUT2D eigenvalue weighted by molar-refractivity contribution is 6.13. The van der Waals surface area contributed by atoms with Crippen LogP contribution in [0.2, 0.25) is 0 Å². The van der Waals surface area contributed by atoms with Gasteiger partial charge in [-0.15, -0.1) is 0 Å². The fraction of sp³-hybridized carbons (Fsp3) is 0. The molecule has 10 rings (SSSR count). The molecule has 52 heavy (non-hydrogen) atoms. The van der Waals surface area contributed by atoms with Gasteiger partial charge >= 0.3 is 0 Å². The lowest BCUT2D eigenvalue weighted by Crippen LogP contribution is -2.10. The summed E-state index contributed by atoms with van der Waals surface area (Å²) in [6.45, 7) is 0. The summed E-state index contributed by atoms with van der Waals surface area (Å²) in [5.74, 6) is 0. The van der Waals surface area contributed by atoms with E-state index in [-0.39, 0.29) is 0 Å². The Bertz CT molecular complexity index is 2880. The molecule has 0 aliphatic heterocycles. The van der Waals surface area contributed by atoms with Gasteiger partial charge in [-0.05, 0) is 97.9 Å². The lowest BCUT2D eigenvalue weighted by molar-refractivity contribution is 0.670. The van der Waals surface area contributed by atoms with Gasteiger partial charge in [0.1, 0.15) is 11.2 Å². The Morgan fingerprint density at radius 3 is 1.63 bits per heavy atom. The summed E-state index contributed by atoms with van der Waals surface area (Å²) in [7, 11) is 0. The first-order valence-electron chi connectivity index (χ1n) is 17.8. The standard InChI is InChI=1S/C50H33NO/c1-2-11-34(12-3-1)38-17-8-18-43(31-38)51(41-27-23-36(24-28-41)45-20-9-16-35-13-6-7-19-44(35)45)42-29-25-37(26-30-42)46-21-10-22-47-48-32-39-14-4-5-15-40(39)33-49(48)52-50(46)47/h1-33H. The average molecular weight is 664 g/mol. The SMILES string of the molecule is c1ccc(-c2cccc(N(c3ccc(-c4cccc5ccccc45)cc3)c3ccc(-c4cccc5c4oc4cc6ccccc6cc45)cc3)c2)cc1. The van der Waals surface area contributed by atoms with Crippen molar-refractivity contribution in [2.24, 2.45) is 0 Å². The number of rotatable bonds is 6. The normalized spacial score (nSPS) is 11.5. The second kappa shape index (κ2) is 12.5. The first kappa shape index (κ1) is 30.0. The fourth-order valence-electron chi connectivity index (χ4n) is 7.67. The largest absolute Gasteiger partial charge is 0.455 e. The third kappa shape index (κ3) is 5.21. The summed E-state index contributed by atoms with van der Waals surface area (Å²) in [4.78, 5) is 2.34. The van der Waals surface area contributed by atoms with Gasteiger partial charge in [-0.25, -0.2) is 0 Å². The van der Waals surface area contributed by atoms with Gasteiger partial charge in [0.25, 0.3) is 0 Å². The molecule has 0 saturated heterocycles. The van der Waals surface area contributed by atoms with Crippen molar-refractivity contribution >= 4 is 60.5 Å². The smallest absolute Gasteiger partial charge is 0.143 e. The Kier molecular flexibility index (Phi) is 7.18. The van der Waals surface area contributed by atoms with Crippen LogP contribution in [-0.2, 0) is 0 Å². The van der Waals surface area contributed by atoms with Gasteiger partial charge in [-0.2, -0.15) is 0 Å². The maximum Gasteiger partial charge on any atom is 0.143 e. The molecule has 0 aliphatic rings. The lowest BCUT2D eigenvalue weighted by atomic mass is 9.98. The summed E-state index contributed by atoms with van der Waals surface area (Å²) < 4.78 is 6.58. The number of benzene rings is 9. The van der Waals surface area contributed by atoms with Crippen molar-refractivity contribution in [2.45, 2.75) is 0 Å². The molecular formula is C50H33NO. The Morgan fingerprint density at radius 1 is 0.308 bits per heavy atom. The maximum atomic E-state index is 6.58. The van der Waals surface area contributed by atoms with Crippen LogP contribution in [0.25, 0.3) is 76.9 Å². The average Bonchev–Trinajstić information content (AvgIpc) is 3.58. The van der Waals surface area contributed by atoms with Crippen molar-refractivity contribution < 1.29 is 4.42 Å². The van der Waals surface area contributed by atoms with E-state index < -0.39 is 0 Å². The molecule has 0 spiro atoms. The predicted octanol–water partition coefficient (Wildman–Crippen LogP) is 14.4. The van der Waals surface area contributed by atoms with E-state index in [1.165, 1.54) is 43.8 Å². The van der Waals surface area contributed by atoms with Crippen molar-refractivity contribution in [3.05, 3.63) is 200 Å². The maximum absolute atomic E-state index is 6.58. The highest BCUT2D eigenvalue weighted by atomic mass is 16.3. The van der Waals surface area contributed by atoms with Crippen molar-refractivity contribution in [3.63, 3.8) is 0 Å². The van der Waals surface area contributed by atoms with E-state index in [0.717, 1.165) is 50.1 Å². The van der Waals surface area contributed by atoms with Crippen LogP contribution >= 0.6 is 0 Å². The monoisotopic (exact) mass is 663 g/mol. The second-order valence-corrected chi connectivity index (χ2v) is 13.4. The van der Waals surface area contributed by atoms with Crippen molar-refractivity contribution in [2.75, 3.05) is 4.90 Å². The van der Waals surface area contributed by atoms with E-state index in [9.17, 15) is 0 Å². The molecule has 1 heterocycles. The molecule has 0 aliphatic carbocycles. The first-order chi connectivity index (χ1) is 25.8. The zero-order valence-corrected chi connectivity index (χ0v) is 28.4. The first-order valence-corrected chi connectivity index (χ1v) is 17.8. The molecular weight excluding hydrogens is 631 g/mol. The lowest BCUT2D eigenvalue weighted by Gasteiger charge is -2.26. The van der Waals surface area contributed by atoms with Crippen LogP contribution in [0.15, 0.2) is 205 Å². The van der Waals surface area contributed by atoms with Crippen LogP contribution in [0.4, 0.5) is 17.1 Å². The van der Waals surface area contributed by atoms with Gasteiger partial charge in [-0.3, -0.25) is 0 Å². The van der Waals surface area contributed by atoms with Gasteiger partial charge in [0.05, 0.1) is 0 Å². The van der Waals surface area contributed by atoms with Crippen LogP contribution in [0.5, 0.6) is 0 Å². The van der Waals surface area contributed by atoms with Crippen LogP contribution in [0.3, 0.4) is 0 Å². The molecule has 0 radical (unpaired) electrons. The van der Waals surface area contributed by atoms with E-state index in [1.54, 1.807) is 0 Å². The number of anilines is 3.